The molecule has 0 saturated heterocycles. The van der Waals surface area contributed by atoms with Gasteiger partial charge in [-0.05, 0) is 24.3 Å². The van der Waals surface area contributed by atoms with Gasteiger partial charge in [-0.2, -0.15) is 15.0 Å². The number of anilines is 5. The van der Waals surface area contributed by atoms with E-state index in [0.29, 0.717) is 11.4 Å². The van der Waals surface area contributed by atoms with E-state index in [1.54, 1.807) is 0 Å². The zero-order valence-electron chi connectivity index (χ0n) is 15.6. The van der Waals surface area contributed by atoms with Crippen LogP contribution in [0.2, 0.25) is 0 Å². The molecule has 3 rings (SSSR count). The van der Waals surface area contributed by atoms with Crippen LogP contribution in [0.15, 0.2) is 48.5 Å². The summed E-state index contributed by atoms with van der Waals surface area (Å²) >= 11 is 0. The first kappa shape index (κ1) is 20.8. The number of carboxylic acids is 1. The van der Waals surface area contributed by atoms with Crippen LogP contribution in [0, 0.1) is 20.2 Å². The highest BCUT2D eigenvalue weighted by atomic mass is 16.6. The van der Waals surface area contributed by atoms with Gasteiger partial charge in [-0.1, -0.05) is 0 Å². The first-order chi connectivity index (χ1) is 14.8. The van der Waals surface area contributed by atoms with Crippen LogP contribution in [0.25, 0.3) is 0 Å². The molecule has 4 N–H and O–H groups in total. The van der Waals surface area contributed by atoms with Crippen molar-refractivity contribution in [3.8, 4) is 0 Å². The lowest BCUT2D eigenvalue weighted by Gasteiger charge is -2.10. The number of non-ortho nitro benzene ring substituents is 2. The minimum Gasteiger partial charge on any atom is -0.480 e. The number of nitrogens with one attached hydrogen (secondary N) is 3. The van der Waals surface area contributed by atoms with Crippen LogP contribution in [0.3, 0.4) is 0 Å². The van der Waals surface area contributed by atoms with Crippen molar-refractivity contribution in [2.75, 3.05) is 22.5 Å². The van der Waals surface area contributed by atoms with Crippen molar-refractivity contribution >= 4 is 46.6 Å². The second-order valence-corrected chi connectivity index (χ2v) is 5.91. The van der Waals surface area contributed by atoms with Crippen molar-refractivity contribution in [1.29, 1.82) is 0 Å². The lowest BCUT2D eigenvalue weighted by molar-refractivity contribution is -0.385. The summed E-state index contributed by atoms with van der Waals surface area (Å²) in [5.74, 6) is -1.12. The summed E-state index contributed by atoms with van der Waals surface area (Å²) in [6.45, 7) is -0.446. The molecule has 1 heterocycles. The summed E-state index contributed by atoms with van der Waals surface area (Å²) in [6.07, 6.45) is 0. The molecule has 2 aromatic carbocycles. The molecule has 0 radical (unpaired) electrons. The molecule has 0 atom stereocenters. The summed E-state index contributed by atoms with van der Waals surface area (Å²) in [7, 11) is 0. The molecule has 1 aromatic heterocycles. The molecule has 14 heteroatoms. The Morgan fingerprint density at radius 2 is 1.16 bits per heavy atom. The van der Waals surface area contributed by atoms with E-state index in [1.807, 2.05) is 0 Å². The number of aromatic nitrogens is 3. The number of aliphatic carboxylic acids is 1. The maximum Gasteiger partial charge on any atom is 0.322 e. The number of benzene rings is 2. The van der Waals surface area contributed by atoms with E-state index in [9.17, 15) is 25.0 Å². The SMILES string of the molecule is O=C(O)CNc1nc(Nc2ccc([N+](=O)[O-])cc2)nc(Nc2ccc([N+](=O)[O-])cc2)n1. The van der Waals surface area contributed by atoms with Crippen LogP contribution in [0.4, 0.5) is 40.6 Å². The molecular formula is C17H14N8O6. The fourth-order valence-electron chi connectivity index (χ4n) is 2.31. The maximum absolute atomic E-state index is 10.8. The van der Waals surface area contributed by atoms with E-state index in [-0.39, 0.29) is 29.2 Å². The number of carbonyl (C=O) groups is 1. The molecule has 0 bridgehead atoms. The van der Waals surface area contributed by atoms with E-state index in [0.717, 1.165) is 0 Å². The highest BCUT2D eigenvalue weighted by Crippen LogP contribution is 2.22. The highest BCUT2D eigenvalue weighted by molar-refractivity contribution is 5.72. The van der Waals surface area contributed by atoms with Crippen molar-refractivity contribution in [1.82, 2.24) is 15.0 Å². The van der Waals surface area contributed by atoms with Gasteiger partial charge >= 0.3 is 5.97 Å². The van der Waals surface area contributed by atoms with Crippen LogP contribution >= 0.6 is 0 Å². The first-order valence-electron chi connectivity index (χ1n) is 8.55. The van der Waals surface area contributed by atoms with Gasteiger partial charge < -0.3 is 21.1 Å². The van der Waals surface area contributed by atoms with Crippen LogP contribution in [0.5, 0.6) is 0 Å². The molecule has 14 nitrogen and oxygen atoms in total. The predicted molar refractivity (Wildman–Crippen MR) is 109 cm³/mol. The van der Waals surface area contributed by atoms with Gasteiger partial charge in [0.15, 0.2) is 0 Å². The second kappa shape index (κ2) is 9.08. The summed E-state index contributed by atoms with van der Waals surface area (Å²) in [4.78, 5) is 43.6. The zero-order valence-corrected chi connectivity index (χ0v) is 15.6. The summed E-state index contributed by atoms with van der Waals surface area (Å²) in [6, 6.07) is 11.0. The summed E-state index contributed by atoms with van der Waals surface area (Å²) < 4.78 is 0. The number of nitro benzene ring substituents is 2. The molecule has 0 aliphatic heterocycles. The van der Waals surface area contributed by atoms with Crippen LogP contribution < -0.4 is 16.0 Å². The number of hydrogen-bond donors (Lipinski definition) is 4. The molecule has 0 aliphatic rings. The molecule has 0 unspecified atom stereocenters. The predicted octanol–water partition coefficient (Wildman–Crippen LogP) is 2.67. The molecule has 31 heavy (non-hydrogen) atoms. The lowest BCUT2D eigenvalue weighted by Crippen LogP contribution is -2.16. The number of hydrogen-bond acceptors (Lipinski definition) is 11. The summed E-state index contributed by atoms with van der Waals surface area (Å²) in [5, 5.41) is 38.6. The average Bonchev–Trinajstić information content (AvgIpc) is 2.73. The van der Waals surface area contributed by atoms with Gasteiger partial charge in [0.25, 0.3) is 11.4 Å². The van der Waals surface area contributed by atoms with Crippen LogP contribution in [0.1, 0.15) is 0 Å². The smallest absolute Gasteiger partial charge is 0.322 e. The number of nitro groups is 2. The topological polar surface area (TPSA) is 198 Å². The number of carboxylic acid groups (broad SMARTS) is 1. The van der Waals surface area contributed by atoms with E-state index >= 15 is 0 Å². The van der Waals surface area contributed by atoms with E-state index in [1.165, 1.54) is 48.5 Å². The van der Waals surface area contributed by atoms with E-state index in [2.05, 4.69) is 30.9 Å². The third-order valence-corrected chi connectivity index (χ3v) is 3.70. The van der Waals surface area contributed by atoms with Gasteiger partial charge in [0.2, 0.25) is 17.8 Å². The minimum absolute atomic E-state index is 0.0288. The highest BCUT2D eigenvalue weighted by Gasteiger charge is 2.11. The quantitative estimate of drug-likeness (QED) is 0.288. The van der Waals surface area contributed by atoms with Crippen LogP contribution in [-0.2, 0) is 4.79 Å². The Hall–Kier alpha value is -4.88. The summed E-state index contributed by atoms with van der Waals surface area (Å²) in [5.41, 5.74) is 0.709. The largest absolute Gasteiger partial charge is 0.480 e. The molecule has 0 saturated carbocycles. The molecular weight excluding hydrogens is 412 g/mol. The monoisotopic (exact) mass is 426 g/mol. The lowest BCUT2D eigenvalue weighted by atomic mass is 10.3. The third-order valence-electron chi connectivity index (χ3n) is 3.70. The van der Waals surface area contributed by atoms with Gasteiger partial charge in [0.1, 0.15) is 6.54 Å². The standard InChI is InChI=1S/C17H14N8O6/c26-14(27)9-18-15-21-16(19-10-1-5-12(6-2-10)24(28)29)23-17(22-15)20-11-3-7-13(8-4-11)25(30)31/h1-8H,9H2,(H,26,27)(H3,18,19,20,21,22,23). The Kier molecular flexibility index (Phi) is 6.10. The van der Waals surface area contributed by atoms with Crippen molar-refractivity contribution < 1.29 is 19.7 Å². The normalized spacial score (nSPS) is 10.2. The Morgan fingerprint density at radius 3 is 1.52 bits per heavy atom. The Morgan fingerprint density at radius 1 is 0.774 bits per heavy atom. The van der Waals surface area contributed by atoms with Crippen molar-refractivity contribution in [3.63, 3.8) is 0 Å². The first-order valence-corrected chi connectivity index (χ1v) is 8.55. The average molecular weight is 426 g/mol. The fraction of sp³-hybridized carbons (Fsp3) is 0.0588. The van der Waals surface area contributed by atoms with Crippen molar-refractivity contribution in [3.05, 3.63) is 68.8 Å². The van der Waals surface area contributed by atoms with Gasteiger partial charge in [0.05, 0.1) is 9.85 Å². The minimum atomic E-state index is -1.13. The Bertz CT molecular complexity index is 1040. The van der Waals surface area contributed by atoms with Gasteiger partial charge in [0, 0.05) is 35.6 Å². The molecule has 0 amide bonds. The van der Waals surface area contributed by atoms with Crippen LogP contribution in [-0.4, -0.2) is 42.4 Å². The number of rotatable bonds is 9. The van der Waals surface area contributed by atoms with E-state index in [4.69, 9.17) is 5.11 Å². The van der Waals surface area contributed by atoms with Crippen molar-refractivity contribution in [2.24, 2.45) is 0 Å². The van der Waals surface area contributed by atoms with Gasteiger partial charge in [-0.25, -0.2) is 0 Å². The third kappa shape index (κ3) is 5.80. The number of nitrogens with zero attached hydrogens (tertiary/aromatic N) is 5. The maximum atomic E-state index is 10.8. The Balaban J connectivity index is 1.85. The zero-order chi connectivity index (χ0) is 22.4. The fourth-order valence-corrected chi connectivity index (χ4v) is 2.31. The Labute approximate surface area is 173 Å². The van der Waals surface area contributed by atoms with Crippen molar-refractivity contribution in [2.45, 2.75) is 0 Å². The molecule has 0 fully saturated rings. The molecule has 3 aromatic rings. The molecule has 158 valence electrons. The van der Waals surface area contributed by atoms with E-state index < -0.39 is 22.4 Å². The van der Waals surface area contributed by atoms with Gasteiger partial charge in [-0.15, -0.1) is 0 Å². The molecule has 0 spiro atoms. The second-order valence-electron chi connectivity index (χ2n) is 5.91. The van der Waals surface area contributed by atoms with Gasteiger partial charge in [-0.3, -0.25) is 25.0 Å². The molecule has 0 aliphatic carbocycles.